The van der Waals surface area contributed by atoms with E-state index >= 15 is 0 Å². The van der Waals surface area contributed by atoms with E-state index in [2.05, 4.69) is 27.8 Å². The number of rotatable bonds is 5. The Morgan fingerprint density at radius 2 is 1.96 bits per heavy atom. The predicted octanol–water partition coefficient (Wildman–Crippen LogP) is 5.08. The first-order chi connectivity index (χ1) is 12.3. The van der Waals surface area contributed by atoms with Crippen molar-refractivity contribution in [1.29, 1.82) is 5.26 Å². The lowest BCUT2D eigenvalue weighted by Crippen LogP contribution is -2.04. The molecule has 1 N–H and O–H groups in total. The monoisotopic (exact) mass is 345 g/mol. The van der Waals surface area contributed by atoms with Crippen LogP contribution in [0.2, 0.25) is 0 Å². The molecular formula is C20H15N3OS. The molecule has 0 fully saturated rings. The van der Waals surface area contributed by atoms with Crippen molar-refractivity contribution < 1.29 is 4.42 Å². The smallest absolute Gasteiger partial charge is 0.232 e. The Morgan fingerprint density at radius 1 is 1.08 bits per heavy atom. The molecule has 0 aliphatic heterocycles. The quantitative estimate of drug-likeness (QED) is 0.548. The fraction of sp³-hybridized carbons (Fsp3) is 0.100. The largest absolute Gasteiger partial charge is 0.419 e. The number of fused-ring (bicyclic) bond motifs is 1. The summed E-state index contributed by atoms with van der Waals surface area (Å²) in [6, 6.07) is 20.3. The molecule has 2 aromatic heterocycles. The van der Waals surface area contributed by atoms with Crippen LogP contribution in [-0.4, -0.2) is 11.5 Å². The van der Waals surface area contributed by atoms with Crippen LogP contribution in [-0.2, 0) is 6.42 Å². The molecule has 0 saturated heterocycles. The molecular weight excluding hydrogens is 330 g/mol. The predicted molar refractivity (Wildman–Crippen MR) is 101 cm³/mol. The molecule has 0 radical (unpaired) electrons. The minimum absolute atomic E-state index is 0.286. The van der Waals surface area contributed by atoms with Gasteiger partial charge in [0.1, 0.15) is 6.07 Å². The second kappa shape index (κ2) is 6.80. The van der Waals surface area contributed by atoms with E-state index in [0.717, 1.165) is 22.8 Å². The van der Waals surface area contributed by atoms with E-state index in [4.69, 9.17) is 4.42 Å². The van der Waals surface area contributed by atoms with E-state index in [1.165, 1.54) is 4.88 Å². The van der Waals surface area contributed by atoms with Crippen LogP contribution in [0.4, 0.5) is 5.88 Å². The third-order valence-corrected chi connectivity index (χ3v) is 4.93. The zero-order valence-corrected chi connectivity index (χ0v) is 14.2. The summed E-state index contributed by atoms with van der Waals surface area (Å²) in [6.45, 7) is 0.694. The first-order valence-corrected chi connectivity index (χ1v) is 8.88. The van der Waals surface area contributed by atoms with Crippen molar-refractivity contribution >= 4 is 28.0 Å². The average molecular weight is 345 g/mol. The maximum absolute atomic E-state index is 9.36. The van der Waals surface area contributed by atoms with Gasteiger partial charge in [-0.1, -0.05) is 42.5 Å². The molecule has 0 aliphatic rings. The summed E-state index contributed by atoms with van der Waals surface area (Å²) in [7, 11) is 0. The Morgan fingerprint density at radius 3 is 2.80 bits per heavy atom. The summed E-state index contributed by atoms with van der Waals surface area (Å²) in [6.07, 6.45) is 0.882. The van der Waals surface area contributed by atoms with E-state index < -0.39 is 0 Å². The summed E-state index contributed by atoms with van der Waals surface area (Å²) in [5.41, 5.74) is 1.18. The number of hydrogen-bond acceptors (Lipinski definition) is 5. The molecule has 0 aliphatic carbocycles. The van der Waals surface area contributed by atoms with Gasteiger partial charge in [-0.3, -0.25) is 0 Å². The lowest BCUT2D eigenvalue weighted by atomic mass is 10.0. The summed E-state index contributed by atoms with van der Waals surface area (Å²) in [4.78, 5) is 5.67. The fourth-order valence-electron chi connectivity index (χ4n) is 2.80. The number of oxazole rings is 1. The van der Waals surface area contributed by atoms with Crippen molar-refractivity contribution in [2.24, 2.45) is 0 Å². The molecule has 5 heteroatoms. The van der Waals surface area contributed by atoms with E-state index in [9.17, 15) is 5.26 Å². The number of nitrogens with one attached hydrogen (secondary N) is 1. The van der Waals surface area contributed by atoms with Crippen LogP contribution in [0.1, 0.15) is 10.6 Å². The molecule has 4 aromatic rings. The van der Waals surface area contributed by atoms with Crippen molar-refractivity contribution in [2.45, 2.75) is 6.42 Å². The number of thiophene rings is 1. The molecule has 0 atom stereocenters. The molecule has 25 heavy (non-hydrogen) atoms. The van der Waals surface area contributed by atoms with Crippen molar-refractivity contribution in [1.82, 2.24) is 4.98 Å². The Hall–Kier alpha value is -3.10. The summed E-state index contributed by atoms with van der Waals surface area (Å²) < 4.78 is 5.88. The van der Waals surface area contributed by atoms with E-state index in [-0.39, 0.29) is 5.69 Å². The Balaban J connectivity index is 1.63. The lowest BCUT2D eigenvalue weighted by molar-refractivity contribution is 0.586. The molecule has 0 saturated carbocycles. The normalized spacial score (nSPS) is 10.7. The van der Waals surface area contributed by atoms with Crippen LogP contribution >= 0.6 is 11.3 Å². The second-order valence-corrected chi connectivity index (χ2v) is 6.62. The molecule has 4 rings (SSSR count). The van der Waals surface area contributed by atoms with Crippen LogP contribution in [0.3, 0.4) is 0 Å². The van der Waals surface area contributed by atoms with E-state index in [1.54, 1.807) is 11.3 Å². The van der Waals surface area contributed by atoms with Gasteiger partial charge in [0.25, 0.3) is 0 Å². The SMILES string of the molecule is N#Cc1nc(-c2cccc3ccccc23)oc1NCCc1cccs1. The van der Waals surface area contributed by atoms with E-state index in [1.807, 2.05) is 48.5 Å². The van der Waals surface area contributed by atoms with Crippen LogP contribution in [0.5, 0.6) is 0 Å². The zero-order chi connectivity index (χ0) is 17.1. The van der Waals surface area contributed by atoms with Gasteiger partial charge in [0.15, 0.2) is 0 Å². The Bertz CT molecular complexity index is 1040. The first-order valence-electron chi connectivity index (χ1n) is 8.00. The van der Waals surface area contributed by atoms with Crippen molar-refractivity contribution in [3.05, 3.63) is 70.5 Å². The maximum atomic E-state index is 9.36. The highest BCUT2D eigenvalue weighted by Gasteiger charge is 2.16. The van der Waals surface area contributed by atoms with Crippen molar-refractivity contribution in [2.75, 3.05) is 11.9 Å². The van der Waals surface area contributed by atoms with Gasteiger partial charge in [0, 0.05) is 17.0 Å². The Kier molecular flexibility index (Phi) is 4.19. The highest BCUT2D eigenvalue weighted by Crippen LogP contribution is 2.31. The number of nitrogens with zero attached hydrogens (tertiary/aromatic N) is 2. The van der Waals surface area contributed by atoms with Crippen molar-refractivity contribution in [3.63, 3.8) is 0 Å². The van der Waals surface area contributed by atoms with Crippen molar-refractivity contribution in [3.8, 4) is 17.5 Å². The van der Waals surface area contributed by atoms with Gasteiger partial charge < -0.3 is 9.73 Å². The molecule has 0 spiro atoms. The third-order valence-electron chi connectivity index (χ3n) is 3.99. The van der Waals surface area contributed by atoms with Gasteiger partial charge in [-0.25, -0.2) is 0 Å². The highest BCUT2D eigenvalue weighted by molar-refractivity contribution is 7.09. The van der Waals surface area contributed by atoms with Gasteiger partial charge in [0.05, 0.1) is 0 Å². The van der Waals surface area contributed by atoms with Gasteiger partial charge in [-0.15, -0.1) is 11.3 Å². The minimum atomic E-state index is 0.286. The van der Waals surface area contributed by atoms with Crippen LogP contribution < -0.4 is 5.32 Å². The summed E-state index contributed by atoms with van der Waals surface area (Å²) >= 11 is 1.72. The topological polar surface area (TPSA) is 61.9 Å². The molecule has 4 nitrogen and oxygen atoms in total. The third kappa shape index (κ3) is 3.12. The number of anilines is 1. The second-order valence-electron chi connectivity index (χ2n) is 5.59. The van der Waals surface area contributed by atoms with Crippen LogP contribution in [0.15, 0.2) is 64.4 Å². The molecule has 0 amide bonds. The van der Waals surface area contributed by atoms with Gasteiger partial charge in [-0.2, -0.15) is 10.2 Å². The number of hydrogen-bond donors (Lipinski definition) is 1. The molecule has 0 bridgehead atoms. The highest BCUT2D eigenvalue weighted by atomic mass is 32.1. The van der Waals surface area contributed by atoms with Gasteiger partial charge >= 0.3 is 0 Å². The Labute approximate surface area is 149 Å². The summed E-state index contributed by atoms with van der Waals surface area (Å²) in [5, 5.41) is 16.8. The van der Waals surface area contributed by atoms with Gasteiger partial charge in [0.2, 0.25) is 17.5 Å². The number of nitriles is 1. The molecule has 2 heterocycles. The summed E-state index contributed by atoms with van der Waals surface area (Å²) in [5.74, 6) is 0.897. The molecule has 122 valence electrons. The van der Waals surface area contributed by atoms with Crippen LogP contribution in [0, 0.1) is 11.3 Å². The zero-order valence-electron chi connectivity index (χ0n) is 13.4. The average Bonchev–Trinajstić information content (AvgIpc) is 3.31. The molecule has 2 aromatic carbocycles. The standard InChI is InChI=1S/C20H15N3OS/c21-13-18-20(22-11-10-15-7-4-12-25-15)24-19(23-18)17-9-3-6-14-5-1-2-8-16(14)17/h1-9,12,22H,10-11H2. The fourth-order valence-corrected chi connectivity index (χ4v) is 3.51. The number of benzene rings is 2. The maximum Gasteiger partial charge on any atom is 0.232 e. The van der Waals surface area contributed by atoms with Crippen LogP contribution in [0.25, 0.3) is 22.2 Å². The first kappa shape index (κ1) is 15.4. The van der Waals surface area contributed by atoms with Gasteiger partial charge in [-0.05, 0) is 34.7 Å². The minimum Gasteiger partial charge on any atom is -0.419 e. The van der Waals surface area contributed by atoms with E-state index in [0.29, 0.717) is 18.3 Å². The molecule has 0 unspecified atom stereocenters. The lowest BCUT2D eigenvalue weighted by Gasteiger charge is -2.03. The number of aromatic nitrogens is 1.